The number of carbonyl (C=O) groups is 1. The highest BCUT2D eigenvalue weighted by Gasteiger charge is 2.20. The Morgan fingerprint density at radius 2 is 1.69 bits per heavy atom. The molecule has 0 N–H and O–H groups in total. The third kappa shape index (κ3) is 3.25. The minimum Gasteiger partial charge on any atom is -0.493 e. The Morgan fingerprint density at radius 3 is 2.27 bits per heavy atom. The molecule has 0 aliphatic heterocycles. The van der Waals surface area contributed by atoms with E-state index < -0.39 is 0 Å². The van der Waals surface area contributed by atoms with Crippen molar-refractivity contribution in [3.05, 3.63) is 58.9 Å². The molecular weight excluding hydrogens is 357 g/mol. The van der Waals surface area contributed by atoms with Gasteiger partial charge in [-0.15, -0.1) is 11.3 Å². The summed E-state index contributed by atoms with van der Waals surface area (Å²) in [5.41, 5.74) is 0.925. The molecule has 0 radical (unpaired) electrons. The Balaban J connectivity index is 1.99. The monoisotopic (exact) mass is 373 g/mol. The summed E-state index contributed by atoms with van der Waals surface area (Å²) >= 11 is 1.21. The summed E-state index contributed by atoms with van der Waals surface area (Å²) in [5.74, 6) is 0.452. The summed E-state index contributed by atoms with van der Waals surface area (Å²) in [5, 5.41) is 2.05. The number of halogens is 1. The van der Waals surface area contributed by atoms with Gasteiger partial charge in [-0.3, -0.25) is 4.79 Å². The molecule has 3 aromatic rings. The third-order valence-corrected chi connectivity index (χ3v) is 4.64. The van der Waals surface area contributed by atoms with Gasteiger partial charge < -0.3 is 14.2 Å². The SMILES string of the molecule is COc1cc(C(=O)c2csc(-c3ccccc3F)n2)cc(OC)c1OC. The maximum absolute atomic E-state index is 13.9. The van der Waals surface area contributed by atoms with E-state index in [0.29, 0.717) is 33.4 Å². The molecular formula is C19H16FNO4S. The summed E-state index contributed by atoms with van der Waals surface area (Å²) < 4.78 is 29.7. The van der Waals surface area contributed by atoms with Crippen LogP contribution in [0.25, 0.3) is 10.6 Å². The van der Waals surface area contributed by atoms with E-state index in [1.165, 1.54) is 38.7 Å². The molecule has 26 heavy (non-hydrogen) atoms. The second kappa shape index (κ2) is 7.53. The molecule has 1 aromatic heterocycles. The number of hydrogen-bond acceptors (Lipinski definition) is 6. The Labute approximate surface area is 154 Å². The number of thiazole rings is 1. The molecule has 0 fully saturated rings. The first-order valence-corrected chi connectivity index (χ1v) is 8.52. The number of hydrogen-bond donors (Lipinski definition) is 0. The van der Waals surface area contributed by atoms with Gasteiger partial charge >= 0.3 is 0 Å². The van der Waals surface area contributed by atoms with E-state index in [9.17, 15) is 9.18 Å². The molecule has 2 aromatic carbocycles. The second-order valence-electron chi connectivity index (χ2n) is 5.26. The molecule has 5 nitrogen and oxygen atoms in total. The molecule has 0 atom stereocenters. The highest BCUT2D eigenvalue weighted by atomic mass is 32.1. The van der Waals surface area contributed by atoms with Gasteiger partial charge in [-0.2, -0.15) is 0 Å². The number of rotatable bonds is 6. The number of aromatic nitrogens is 1. The zero-order valence-electron chi connectivity index (χ0n) is 14.4. The maximum atomic E-state index is 13.9. The van der Waals surface area contributed by atoms with Crippen molar-refractivity contribution in [1.29, 1.82) is 0 Å². The molecule has 0 bridgehead atoms. The quantitative estimate of drug-likeness (QED) is 0.606. The lowest BCUT2D eigenvalue weighted by molar-refractivity contribution is 0.103. The lowest BCUT2D eigenvalue weighted by atomic mass is 10.1. The molecule has 0 saturated heterocycles. The van der Waals surface area contributed by atoms with Crippen LogP contribution >= 0.6 is 11.3 Å². The first-order valence-electron chi connectivity index (χ1n) is 7.64. The lowest BCUT2D eigenvalue weighted by Crippen LogP contribution is -2.04. The molecule has 0 spiro atoms. The first kappa shape index (κ1) is 17.9. The second-order valence-corrected chi connectivity index (χ2v) is 6.12. The fraction of sp³-hybridized carbons (Fsp3) is 0.158. The molecule has 7 heteroatoms. The number of ketones is 1. The van der Waals surface area contributed by atoms with Crippen molar-refractivity contribution in [2.75, 3.05) is 21.3 Å². The van der Waals surface area contributed by atoms with Crippen LogP contribution in [0, 0.1) is 5.82 Å². The van der Waals surface area contributed by atoms with Gasteiger partial charge in [0, 0.05) is 16.5 Å². The molecule has 0 aliphatic carbocycles. The molecule has 0 aliphatic rings. The summed E-state index contributed by atoms with van der Waals surface area (Å²) in [6.07, 6.45) is 0. The molecule has 3 rings (SSSR count). The molecule has 134 valence electrons. The van der Waals surface area contributed by atoms with E-state index in [2.05, 4.69) is 4.98 Å². The fourth-order valence-electron chi connectivity index (χ4n) is 2.50. The van der Waals surface area contributed by atoms with Crippen LogP contribution in [0.5, 0.6) is 17.2 Å². The summed E-state index contributed by atoms with van der Waals surface area (Å²) in [7, 11) is 4.44. The Bertz CT molecular complexity index is 929. The van der Waals surface area contributed by atoms with Crippen molar-refractivity contribution in [1.82, 2.24) is 4.98 Å². The zero-order chi connectivity index (χ0) is 18.7. The number of nitrogens with zero attached hydrogens (tertiary/aromatic N) is 1. The topological polar surface area (TPSA) is 57.7 Å². The van der Waals surface area contributed by atoms with Gasteiger partial charge in [0.2, 0.25) is 11.5 Å². The first-order chi connectivity index (χ1) is 12.6. The van der Waals surface area contributed by atoms with Crippen molar-refractivity contribution in [2.24, 2.45) is 0 Å². The average molecular weight is 373 g/mol. The normalized spacial score (nSPS) is 10.5. The maximum Gasteiger partial charge on any atom is 0.212 e. The molecule has 0 amide bonds. The van der Waals surface area contributed by atoms with Crippen LogP contribution in [-0.2, 0) is 0 Å². The summed E-state index contributed by atoms with van der Waals surface area (Å²) in [4.78, 5) is 17.1. The molecule has 0 unspecified atom stereocenters. The Kier molecular flexibility index (Phi) is 5.18. The lowest BCUT2D eigenvalue weighted by Gasteiger charge is -2.13. The van der Waals surface area contributed by atoms with Gasteiger partial charge in [0.05, 0.1) is 21.3 Å². The summed E-state index contributed by atoms with van der Waals surface area (Å²) in [6.45, 7) is 0. The summed E-state index contributed by atoms with van der Waals surface area (Å²) in [6, 6.07) is 9.44. The van der Waals surface area contributed by atoms with Crippen LogP contribution < -0.4 is 14.2 Å². The van der Waals surface area contributed by atoms with E-state index in [-0.39, 0.29) is 17.3 Å². The van der Waals surface area contributed by atoms with Crippen molar-refractivity contribution < 1.29 is 23.4 Å². The number of carbonyl (C=O) groups excluding carboxylic acids is 1. The Morgan fingerprint density at radius 1 is 1.04 bits per heavy atom. The highest BCUT2D eigenvalue weighted by molar-refractivity contribution is 7.13. The van der Waals surface area contributed by atoms with E-state index in [4.69, 9.17) is 14.2 Å². The van der Waals surface area contributed by atoms with Gasteiger partial charge in [-0.1, -0.05) is 12.1 Å². The van der Waals surface area contributed by atoms with Gasteiger partial charge in [0.1, 0.15) is 16.5 Å². The average Bonchev–Trinajstić information content (AvgIpc) is 3.16. The van der Waals surface area contributed by atoms with Gasteiger partial charge in [0.15, 0.2) is 11.5 Å². The van der Waals surface area contributed by atoms with Crippen LogP contribution in [0.2, 0.25) is 0 Å². The van der Waals surface area contributed by atoms with E-state index >= 15 is 0 Å². The van der Waals surface area contributed by atoms with Crippen molar-refractivity contribution in [3.63, 3.8) is 0 Å². The van der Waals surface area contributed by atoms with Crippen molar-refractivity contribution in [3.8, 4) is 27.8 Å². The third-order valence-electron chi connectivity index (χ3n) is 3.77. The van der Waals surface area contributed by atoms with Gasteiger partial charge in [-0.25, -0.2) is 9.37 Å². The predicted octanol–water partition coefficient (Wildman–Crippen LogP) is 4.21. The minimum absolute atomic E-state index is 0.225. The smallest absolute Gasteiger partial charge is 0.212 e. The Hall–Kier alpha value is -2.93. The highest BCUT2D eigenvalue weighted by Crippen LogP contribution is 2.39. The standard InChI is InChI=1S/C19H16FNO4S/c1-23-15-8-11(9-16(24-2)18(15)25-3)17(22)14-10-26-19(21-14)12-6-4-5-7-13(12)20/h4-10H,1-3H3. The van der Waals surface area contributed by atoms with Crippen LogP contribution in [0.1, 0.15) is 16.1 Å². The fourth-order valence-corrected chi connectivity index (χ4v) is 3.32. The predicted molar refractivity (Wildman–Crippen MR) is 97.0 cm³/mol. The van der Waals surface area contributed by atoms with Crippen molar-refractivity contribution >= 4 is 17.1 Å². The van der Waals surface area contributed by atoms with Gasteiger partial charge in [-0.05, 0) is 24.3 Å². The largest absolute Gasteiger partial charge is 0.493 e. The van der Waals surface area contributed by atoms with Crippen LogP contribution in [-0.4, -0.2) is 32.1 Å². The number of methoxy groups -OCH3 is 3. The molecule has 0 saturated carbocycles. The van der Waals surface area contributed by atoms with E-state index in [1.54, 1.807) is 35.7 Å². The van der Waals surface area contributed by atoms with E-state index in [1.807, 2.05) is 0 Å². The molecule has 1 heterocycles. The van der Waals surface area contributed by atoms with E-state index in [0.717, 1.165) is 0 Å². The van der Waals surface area contributed by atoms with Crippen LogP contribution in [0.3, 0.4) is 0 Å². The zero-order valence-corrected chi connectivity index (χ0v) is 15.2. The number of ether oxygens (including phenoxy) is 3. The minimum atomic E-state index is -0.381. The van der Waals surface area contributed by atoms with Crippen LogP contribution in [0.15, 0.2) is 41.8 Å². The number of benzene rings is 2. The van der Waals surface area contributed by atoms with Crippen LogP contribution in [0.4, 0.5) is 4.39 Å². The van der Waals surface area contributed by atoms with Gasteiger partial charge in [0.25, 0.3) is 0 Å². The van der Waals surface area contributed by atoms with Crippen molar-refractivity contribution in [2.45, 2.75) is 0 Å².